The molecule has 0 fully saturated rings. The molecule has 0 amide bonds. The molecule has 4 nitrogen and oxygen atoms in total. The molecule has 8 aromatic rings. The van der Waals surface area contributed by atoms with Gasteiger partial charge in [-0.15, -0.1) is 0 Å². The minimum atomic E-state index is 0.716. The fourth-order valence-corrected chi connectivity index (χ4v) is 5.72. The fourth-order valence-electron chi connectivity index (χ4n) is 5.72. The van der Waals surface area contributed by atoms with Crippen molar-refractivity contribution in [1.29, 1.82) is 0 Å². The highest BCUT2D eigenvalue weighted by Crippen LogP contribution is 2.38. The van der Waals surface area contributed by atoms with Gasteiger partial charge in [-0.25, -0.2) is 15.0 Å². The highest BCUT2D eigenvalue weighted by molar-refractivity contribution is 6.12. The fraction of sp³-hybridized carbons (Fsp3) is 0. The average Bonchev–Trinajstić information content (AvgIpc) is 3.04. The maximum absolute atomic E-state index is 5.22. The Bertz CT molecular complexity index is 2220. The molecule has 0 aliphatic heterocycles. The first-order valence-electron chi connectivity index (χ1n) is 13.3. The Hall–Kier alpha value is -5.48. The Kier molecular flexibility index (Phi) is 5.10. The topological polar surface area (TPSA) is 51.6 Å². The lowest BCUT2D eigenvalue weighted by Crippen LogP contribution is -1.93. The molecule has 40 heavy (non-hydrogen) atoms. The minimum absolute atomic E-state index is 0.716. The lowest BCUT2D eigenvalue weighted by atomic mass is 9.94. The van der Waals surface area contributed by atoms with Crippen LogP contribution in [0.2, 0.25) is 0 Å². The summed E-state index contributed by atoms with van der Waals surface area (Å²) in [5.41, 5.74) is 7.13. The Morgan fingerprint density at radius 2 is 1.10 bits per heavy atom. The minimum Gasteiger partial charge on any atom is -0.254 e. The van der Waals surface area contributed by atoms with Crippen LogP contribution >= 0.6 is 0 Å². The van der Waals surface area contributed by atoms with E-state index >= 15 is 0 Å². The summed E-state index contributed by atoms with van der Waals surface area (Å²) in [6.45, 7) is 0. The van der Waals surface area contributed by atoms with Gasteiger partial charge < -0.3 is 0 Å². The van der Waals surface area contributed by atoms with Gasteiger partial charge in [0.15, 0.2) is 5.82 Å². The SMILES string of the molecule is c1cnc(-c2ccc(-c3ccc4cc(-c5ccc6ccccc6c5)c5cccnc5c4n3)c3ccccc23)nc1. The standard InChI is InChI=1S/C36H22N4/c1-2-8-24-21-25(13-12-23(24)7-1)32-22-26-14-17-33(40-34(26)35-30(32)11-5-18-37-35)29-15-16-31(36-38-19-6-20-39-36)28-10-4-3-9-27(28)29/h1-22H. The first-order chi connectivity index (χ1) is 19.8. The zero-order valence-electron chi connectivity index (χ0n) is 21.5. The van der Waals surface area contributed by atoms with Gasteiger partial charge in [-0.3, -0.25) is 4.98 Å². The van der Waals surface area contributed by atoms with Gasteiger partial charge in [-0.1, -0.05) is 78.9 Å². The molecule has 0 aliphatic rings. The Labute approximate surface area is 230 Å². The number of benzene rings is 5. The number of pyridine rings is 2. The van der Waals surface area contributed by atoms with E-state index in [-0.39, 0.29) is 0 Å². The van der Waals surface area contributed by atoms with E-state index in [0.29, 0.717) is 5.82 Å². The van der Waals surface area contributed by atoms with Crippen molar-refractivity contribution in [3.8, 4) is 33.8 Å². The van der Waals surface area contributed by atoms with Crippen molar-refractivity contribution in [2.24, 2.45) is 0 Å². The van der Waals surface area contributed by atoms with Gasteiger partial charge in [0.25, 0.3) is 0 Å². The number of fused-ring (bicyclic) bond motifs is 5. The van der Waals surface area contributed by atoms with Crippen LogP contribution in [0.1, 0.15) is 0 Å². The van der Waals surface area contributed by atoms with Gasteiger partial charge >= 0.3 is 0 Å². The van der Waals surface area contributed by atoms with Gasteiger partial charge in [-0.2, -0.15) is 0 Å². The molecule has 0 spiro atoms. The average molecular weight is 511 g/mol. The van der Waals surface area contributed by atoms with Gasteiger partial charge in [0.05, 0.1) is 16.7 Å². The normalized spacial score (nSPS) is 11.5. The second-order valence-electron chi connectivity index (χ2n) is 9.93. The van der Waals surface area contributed by atoms with Crippen LogP contribution in [0.4, 0.5) is 0 Å². The third-order valence-corrected chi connectivity index (χ3v) is 7.62. The summed E-state index contributed by atoms with van der Waals surface area (Å²) >= 11 is 0. The van der Waals surface area contributed by atoms with Gasteiger partial charge in [0.1, 0.15) is 0 Å². The van der Waals surface area contributed by atoms with Crippen molar-refractivity contribution in [2.75, 3.05) is 0 Å². The van der Waals surface area contributed by atoms with E-state index in [1.165, 1.54) is 16.3 Å². The zero-order chi connectivity index (χ0) is 26.5. The van der Waals surface area contributed by atoms with Crippen LogP contribution in [0.5, 0.6) is 0 Å². The van der Waals surface area contributed by atoms with E-state index in [9.17, 15) is 0 Å². The van der Waals surface area contributed by atoms with E-state index in [4.69, 9.17) is 9.97 Å². The second-order valence-corrected chi connectivity index (χ2v) is 9.93. The largest absolute Gasteiger partial charge is 0.254 e. The van der Waals surface area contributed by atoms with Crippen LogP contribution in [-0.2, 0) is 0 Å². The van der Waals surface area contributed by atoms with Crippen LogP contribution in [0.3, 0.4) is 0 Å². The summed E-state index contributed by atoms with van der Waals surface area (Å²) in [5, 5.41) is 6.83. The molecule has 0 bridgehead atoms. The second kappa shape index (κ2) is 9.07. The van der Waals surface area contributed by atoms with Crippen molar-refractivity contribution in [3.05, 3.63) is 134 Å². The number of hydrogen-bond acceptors (Lipinski definition) is 4. The lowest BCUT2D eigenvalue weighted by Gasteiger charge is -2.13. The molecule has 0 N–H and O–H groups in total. The lowest BCUT2D eigenvalue weighted by molar-refractivity contribution is 1.18. The van der Waals surface area contributed by atoms with Gasteiger partial charge in [0, 0.05) is 40.5 Å². The monoisotopic (exact) mass is 510 g/mol. The summed E-state index contributed by atoms with van der Waals surface area (Å²) in [6, 6.07) is 40.2. The van der Waals surface area contributed by atoms with Crippen LogP contribution in [0.15, 0.2) is 134 Å². The molecule has 0 aliphatic carbocycles. The van der Waals surface area contributed by atoms with E-state index in [1.54, 1.807) is 12.4 Å². The first kappa shape index (κ1) is 22.5. The predicted molar refractivity (Wildman–Crippen MR) is 164 cm³/mol. The Balaban J connectivity index is 1.33. The van der Waals surface area contributed by atoms with Crippen LogP contribution < -0.4 is 0 Å². The molecular weight excluding hydrogens is 488 g/mol. The van der Waals surface area contributed by atoms with E-state index in [0.717, 1.165) is 55.0 Å². The van der Waals surface area contributed by atoms with Crippen molar-refractivity contribution in [3.63, 3.8) is 0 Å². The summed E-state index contributed by atoms with van der Waals surface area (Å²) in [7, 11) is 0. The van der Waals surface area contributed by atoms with Crippen molar-refractivity contribution in [1.82, 2.24) is 19.9 Å². The summed E-state index contributed by atoms with van der Waals surface area (Å²) < 4.78 is 0. The van der Waals surface area contributed by atoms with Gasteiger partial charge in [-0.05, 0) is 69.1 Å². The molecule has 0 saturated carbocycles. The van der Waals surface area contributed by atoms with E-state index in [1.807, 2.05) is 18.3 Å². The van der Waals surface area contributed by atoms with E-state index < -0.39 is 0 Å². The van der Waals surface area contributed by atoms with Crippen molar-refractivity contribution in [2.45, 2.75) is 0 Å². The molecule has 3 heterocycles. The molecule has 8 rings (SSSR count). The van der Waals surface area contributed by atoms with E-state index in [2.05, 4.69) is 113 Å². The molecule has 186 valence electrons. The van der Waals surface area contributed by atoms with Crippen LogP contribution in [0, 0.1) is 0 Å². The molecule has 0 unspecified atom stereocenters. The Morgan fingerprint density at radius 3 is 1.98 bits per heavy atom. The molecular formula is C36H22N4. The highest BCUT2D eigenvalue weighted by atomic mass is 14.9. The van der Waals surface area contributed by atoms with Gasteiger partial charge in [0.2, 0.25) is 0 Å². The van der Waals surface area contributed by atoms with Crippen LogP contribution in [-0.4, -0.2) is 19.9 Å². The zero-order valence-corrected chi connectivity index (χ0v) is 21.5. The summed E-state index contributed by atoms with van der Waals surface area (Å²) in [6.07, 6.45) is 5.41. The molecule has 0 radical (unpaired) electrons. The third-order valence-electron chi connectivity index (χ3n) is 7.62. The number of hydrogen-bond donors (Lipinski definition) is 0. The summed E-state index contributed by atoms with van der Waals surface area (Å²) in [4.78, 5) is 19.0. The number of nitrogens with zero attached hydrogens (tertiary/aromatic N) is 4. The van der Waals surface area contributed by atoms with Crippen molar-refractivity contribution >= 4 is 43.4 Å². The smallest absolute Gasteiger partial charge is 0.159 e. The maximum Gasteiger partial charge on any atom is 0.159 e. The molecule has 3 aromatic heterocycles. The van der Waals surface area contributed by atoms with Crippen molar-refractivity contribution < 1.29 is 0 Å². The maximum atomic E-state index is 5.22. The quantitative estimate of drug-likeness (QED) is 0.223. The number of rotatable bonds is 3. The molecule has 5 aromatic carbocycles. The third kappa shape index (κ3) is 3.62. The Morgan fingerprint density at radius 1 is 0.400 bits per heavy atom. The molecule has 0 atom stereocenters. The first-order valence-corrected chi connectivity index (χ1v) is 13.3. The number of aromatic nitrogens is 4. The predicted octanol–water partition coefficient (Wildman–Crippen LogP) is 8.88. The van der Waals surface area contributed by atoms with Crippen LogP contribution in [0.25, 0.3) is 77.1 Å². The molecule has 4 heteroatoms. The highest BCUT2D eigenvalue weighted by Gasteiger charge is 2.15. The summed E-state index contributed by atoms with van der Waals surface area (Å²) in [5.74, 6) is 0.716. The molecule has 0 saturated heterocycles.